The summed E-state index contributed by atoms with van der Waals surface area (Å²) in [6.07, 6.45) is -10.6. The van der Waals surface area contributed by atoms with E-state index in [2.05, 4.69) is 4.98 Å². The lowest BCUT2D eigenvalue weighted by Crippen LogP contribution is -2.18. The molecule has 94 valence electrons. The number of rotatable bonds is 1. The van der Waals surface area contributed by atoms with E-state index in [1.54, 1.807) is 0 Å². The highest BCUT2D eigenvalue weighted by molar-refractivity contribution is 5.37. The Bertz CT molecular complexity index is 453. The first-order valence-corrected chi connectivity index (χ1v) is 3.82. The topological polar surface area (TPSA) is 56.0 Å². The fourth-order valence-corrected chi connectivity index (χ4v) is 0.996. The number of hydrogen-bond acceptors (Lipinski definition) is 3. The van der Waals surface area contributed by atoms with Crippen molar-refractivity contribution in [3.05, 3.63) is 33.6 Å². The van der Waals surface area contributed by atoms with Gasteiger partial charge in [0.05, 0.1) is 10.5 Å². The molecule has 4 nitrogen and oxygen atoms in total. The van der Waals surface area contributed by atoms with E-state index in [4.69, 9.17) is 0 Å². The lowest BCUT2D eigenvalue weighted by atomic mass is 10.1. The average molecular weight is 260 g/mol. The van der Waals surface area contributed by atoms with Crippen molar-refractivity contribution in [1.29, 1.82) is 0 Å². The second-order valence-corrected chi connectivity index (χ2v) is 2.84. The maximum atomic E-state index is 12.3. The molecule has 0 radical (unpaired) electrons. The van der Waals surface area contributed by atoms with E-state index in [1.165, 1.54) is 0 Å². The zero-order chi connectivity index (χ0) is 13.4. The van der Waals surface area contributed by atoms with Crippen LogP contribution in [0.4, 0.5) is 32.0 Å². The van der Waals surface area contributed by atoms with Crippen LogP contribution in [-0.4, -0.2) is 9.91 Å². The number of hydrogen-bond donors (Lipinski definition) is 0. The standard InChI is InChI=1S/C7H2F6N2O2/c8-6(9,10)4-1-3(15(16)17)2-14-5(4)7(11,12)13/h1-2H. The van der Waals surface area contributed by atoms with Gasteiger partial charge in [-0.25, -0.2) is 4.98 Å². The van der Waals surface area contributed by atoms with Crippen LogP contribution in [0.2, 0.25) is 0 Å². The predicted molar refractivity (Wildman–Crippen MR) is 40.9 cm³/mol. The summed E-state index contributed by atoms with van der Waals surface area (Å²) in [6, 6.07) is -0.199. The van der Waals surface area contributed by atoms with Crippen LogP contribution in [0.25, 0.3) is 0 Å². The quantitative estimate of drug-likeness (QED) is 0.443. The molecular formula is C7H2F6N2O2. The third-order valence-corrected chi connectivity index (χ3v) is 1.66. The summed E-state index contributed by atoms with van der Waals surface area (Å²) in [5.74, 6) is 0. The molecule has 1 aromatic heterocycles. The van der Waals surface area contributed by atoms with Crippen molar-refractivity contribution in [1.82, 2.24) is 4.98 Å². The van der Waals surface area contributed by atoms with Gasteiger partial charge in [-0.3, -0.25) is 10.1 Å². The molecule has 0 atom stereocenters. The molecule has 10 heteroatoms. The maximum Gasteiger partial charge on any atom is 0.433 e. The highest BCUT2D eigenvalue weighted by Crippen LogP contribution is 2.40. The Morgan fingerprint density at radius 2 is 1.65 bits per heavy atom. The molecule has 1 heterocycles. The fourth-order valence-electron chi connectivity index (χ4n) is 0.996. The third-order valence-electron chi connectivity index (χ3n) is 1.66. The van der Waals surface area contributed by atoms with Crippen molar-refractivity contribution in [2.45, 2.75) is 12.4 Å². The van der Waals surface area contributed by atoms with Crippen LogP contribution in [-0.2, 0) is 12.4 Å². The van der Waals surface area contributed by atoms with E-state index in [0.29, 0.717) is 0 Å². The van der Waals surface area contributed by atoms with Crippen molar-refractivity contribution in [3.63, 3.8) is 0 Å². The third kappa shape index (κ3) is 2.82. The Balaban J connectivity index is 3.49. The number of aromatic nitrogens is 1. The number of nitro groups is 1. The van der Waals surface area contributed by atoms with Gasteiger partial charge in [0.2, 0.25) is 0 Å². The molecule has 0 aliphatic rings. The monoisotopic (exact) mass is 260 g/mol. The Kier molecular flexibility index (Phi) is 2.99. The molecule has 0 aromatic carbocycles. The van der Waals surface area contributed by atoms with E-state index >= 15 is 0 Å². The summed E-state index contributed by atoms with van der Waals surface area (Å²) >= 11 is 0. The van der Waals surface area contributed by atoms with Gasteiger partial charge in [0.25, 0.3) is 5.69 Å². The molecule has 0 fully saturated rings. The molecule has 0 saturated carbocycles. The molecular weight excluding hydrogens is 258 g/mol. The Hall–Kier alpha value is -1.87. The molecule has 0 N–H and O–H groups in total. The summed E-state index contributed by atoms with van der Waals surface area (Å²) in [5, 5.41) is 10.2. The molecule has 0 unspecified atom stereocenters. The highest BCUT2D eigenvalue weighted by Gasteiger charge is 2.45. The molecule has 0 spiro atoms. The number of halogens is 6. The second kappa shape index (κ2) is 3.86. The minimum Gasteiger partial charge on any atom is -0.258 e. The maximum absolute atomic E-state index is 12.3. The van der Waals surface area contributed by atoms with E-state index in [0.717, 1.165) is 0 Å². The second-order valence-electron chi connectivity index (χ2n) is 2.84. The van der Waals surface area contributed by atoms with Gasteiger partial charge in [-0.1, -0.05) is 0 Å². The van der Waals surface area contributed by atoms with Crippen LogP contribution in [0.1, 0.15) is 11.3 Å². The van der Waals surface area contributed by atoms with Crippen LogP contribution in [0.3, 0.4) is 0 Å². The van der Waals surface area contributed by atoms with Crippen molar-refractivity contribution in [2.24, 2.45) is 0 Å². The van der Waals surface area contributed by atoms with Gasteiger partial charge in [0.15, 0.2) is 5.69 Å². The molecule has 0 aliphatic carbocycles. The summed E-state index contributed by atoms with van der Waals surface area (Å²) in [6.45, 7) is 0. The zero-order valence-corrected chi connectivity index (χ0v) is 7.63. The molecule has 0 saturated heterocycles. The number of alkyl halides is 6. The average Bonchev–Trinajstić information content (AvgIpc) is 2.14. The van der Waals surface area contributed by atoms with Crippen molar-refractivity contribution in [3.8, 4) is 0 Å². The van der Waals surface area contributed by atoms with Gasteiger partial charge < -0.3 is 0 Å². The summed E-state index contributed by atoms with van der Waals surface area (Å²) < 4.78 is 73.3. The molecule has 17 heavy (non-hydrogen) atoms. The van der Waals surface area contributed by atoms with Crippen molar-refractivity contribution < 1.29 is 31.3 Å². The van der Waals surface area contributed by atoms with Crippen LogP contribution in [0.15, 0.2) is 12.3 Å². The van der Waals surface area contributed by atoms with Gasteiger partial charge in [-0.2, -0.15) is 26.3 Å². The zero-order valence-electron chi connectivity index (χ0n) is 7.63. The van der Waals surface area contributed by atoms with Crippen molar-refractivity contribution >= 4 is 5.69 Å². The summed E-state index contributed by atoms with van der Waals surface area (Å²) in [5.41, 5.74) is -5.54. The van der Waals surface area contributed by atoms with Crippen molar-refractivity contribution in [2.75, 3.05) is 0 Å². The molecule has 1 aromatic rings. The van der Waals surface area contributed by atoms with Crippen LogP contribution in [0.5, 0.6) is 0 Å². The summed E-state index contributed by atoms with van der Waals surface area (Å²) in [7, 11) is 0. The molecule has 0 amide bonds. The van der Waals surface area contributed by atoms with Gasteiger partial charge in [-0.05, 0) is 0 Å². The molecule has 0 aliphatic heterocycles. The van der Waals surface area contributed by atoms with E-state index in [1.807, 2.05) is 0 Å². The van der Waals surface area contributed by atoms with E-state index < -0.39 is 34.2 Å². The fraction of sp³-hybridized carbons (Fsp3) is 0.286. The summed E-state index contributed by atoms with van der Waals surface area (Å²) in [4.78, 5) is 11.3. The molecule has 0 bridgehead atoms. The number of pyridine rings is 1. The van der Waals surface area contributed by atoms with Crippen LogP contribution < -0.4 is 0 Å². The van der Waals surface area contributed by atoms with Crippen LogP contribution in [0, 0.1) is 10.1 Å². The minimum atomic E-state index is -5.37. The van der Waals surface area contributed by atoms with Gasteiger partial charge >= 0.3 is 12.4 Å². The smallest absolute Gasteiger partial charge is 0.258 e. The normalized spacial score (nSPS) is 12.6. The highest BCUT2D eigenvalue weighted by atomic mass is 19.4. The Labute approximate surface area is 89.0 Å². The van der Waals surface area contributed by atoms with Gasteiger partial charge in [-0.15, -0.1) is 0 Å². The van der Waals surface area contributed by atoms with E-state index in [9.17, 15) is 36.5 Å². The van der Waals surface area contributed by atoms with Gasteiger partial charge in [0, 0.05) is 6.07 Å². The predicted octanol–water partition coefficient (Wildman–Crippen LogP) is 3.03. The Morgan fingerprint density at radius 3 is 2.00 bits per heavy atom. The lowest BCUT2D eigenvalue weighted by Gasteiger charge is -2.13. The first-order chi connectivity index (χ1) is 7.53. The van der Waals surface area contributed by atoms with E-state index in [-0.39, 0.29) is 12.3 Å². The Morgan fingerprint density at radius 1 is 1.12 bits per heavy atom. The molecule has 1 rings (SSSR count). The largest absolute Gasteiger partial charge is 0.433 e. The SMILES string of the molecule is O=[N+]([O-])c1cnc(C(F)(F)F)c(C(F)(F)F)c1. The van der Waals surface area contributed by atoms with Crippen LogP contribution >= 0.6 is 0 Å². The lowest BCUT2D eigenvalue weighted by molar-refractivity contribution is -0.385. The first-order valence-electron chi connectivity index (χ1n) is 3.82. The first kappa shape index (κ1) is 13.2. The minimum absolute atomic E-state index is 0.123. The van der Waals surface area contributed by atoms with Gasteiger partial charge in [0.1, 0.15) is 6.20 Å². The number of nitrogens with zero attached hydrogens (tertiary/aromatic N) is 2.